The standard InChI is InChI=1S/C21H30N6O4/c22-13-16(23)21(29)27-9-5-15(6-10-27)26-7-3-14(4-8-26)24-20(28)19-12-17(25-31-19)18-2-1-11-30-18/h1-2,11-12,14-16H,3-10,13,22-23H2,(H,24,28)/t16-/m0/s1. The van der Waals surface area contributed by atoms with Crippen LogP contribution in [0.4, 0.5) is 0 Å². The molecule has 10 heteroatoms. The lowest BCUT2D eigenvalue weighted by Crippen LogP contribution is -2.54. The number of amides is 2. The Morgan fingerprint density at radius 2 is 1.94 bits per heavy atom. The molecule has 0 bridgehead atoms. The highest BCUT2D eigenvalue weighted by atomic mass is 16.5. The van der Waals surface area contributed by atoms with Crippen molar-refractivity contribution in [1.82, 2.24) is 20.3 Å². The second-order valence-corrected chi connectivity index (χ2v) is 8.24. The van der Waals surface area contributed by atoms with Crippen LogP contribution in [0.15, 0.2) is 33.4 Å². The van der Waals surface area contributed by atoms with Gasteiger partial charge in [-0.15, -0.1) is 0 Å². The van der Waals surface area contributed by atoms with E-state index in [2.05, 4.69) is 15.4 Å². The summed E-state index contributed by atoms with van der Waals surface area (Å²) >= 11 is 0. The molecule has 5 N–H and O–H groups in total. The van der Waals surface area contributed by atoms with Gasteiger partial charge in [0, 0.05) is 50.9 Å². The first-order chi connectivity index (χ1) is 15.0. The lowest BCUT2D eigenvalue weighted by atomic mass is 9.97. The van der Waals surface area contributed by atoms with Crippen molar-refractivity contribution in [2.24, 2.45) is 11.5 Å². The summed E-state index contributed by atoms with van der Waals surface area (Å²) in [4.78, 5) is 29.0. The zero-order chi connectivity index (χ0) is 21.8. The van der Waals surface area contributed by atoms with E-state index in [0.717, 1.165) is 51.9 Å². The topological polar surface area (TPSA) is 144 Å². The summed E-state index contributed by atoms with van der Waals surface area (Å²) in [5.41, 5.74) is 11.8. The van der Waals surface area contributed by atoms with Gasteiger partial charge in [-0.25, -0.2) is 0 Å². The van der Waals surface area contributed by atoms with E-state index < -0.39 is 6.04 Å². The predicted octanol–water partition coefficient (Wildman–Crippen LogP) is 0.406. The summed E-state index contributed by atoms with van der Waals surface area (Å²) in [7, 11) is 0. The summed E-state index contributed by atoms with van der Waals surface area (Å²) in [6.45, 7) is 3.45. The first-order valence-corrected chi connectivity index (χ1v) is 10.8. The number of nitrogens with two attached hydrogens (primary N) is 2. The molecule has 4 heterocycles. The Morgan fingerprint density at radius 1 is 1.19 bits per heavy atom. The van der Waals surface area contributed by atoms with E-state index in [9.17, 15) is 9.59 Å². The fourth-order valence-electron chi connectivity index (χ4n) is 4.37. The van der Waals surface area contributed by atoms with Gasteiger partial charge in [-0.3, -0.25) is 9.59 Å². The van der Waals surface area contributed by atoms with Crippen LogP contribution in [0.1, 0.15) is 36.2 Å². The number of likely N-dealkylation sites (tertiary alicyclic amines) is 2. The Balaban J connectivity index is 1.21. The highest BCUT2D eigenvalue weighted by Gasteiger charge is 2.31. The maximum atomic E-state index is 12.5. The van der Waals surface area contributed by atoms with Crippen LogP contribution in [-0.2, 0) is 4.79 Å². The summed E-state index contributed by atoms with van der Waals surface area (Å²) < 4.78 is 10.5. The maximum absolute atomic E-state index is 12.5. The van der Waals surface area contributed by atoms with Crippen molar-refractivity contribution in [3.8, 4) is 11.5 Å². The van der Waals surface area contributed by atoms with Crippen LogP contribution in [-0.4, -0.2) is 77.6 Å². The first-order valence-electron chi connectivity index (χ1n) is 10.8. The van der Waals surface area contributed by atoms with Crippen molar-refractivity contribution in [1.29, 1.82) is 0 Å². The van der Waals surface area contributed by atoms with Crippen molar-refractivity contribution in [3.63, 3.8) is 0 Å². The molecule has 1 atom stereocenters. The number of piperidine rings is 2. The first kappa shape index (κ1) is 21.5. The molecular formula is C21H30N6O4. The van der Waals surface area contributed by atoms with E-state index in [1.165, 1.54) is 0 Å². The second kappa shape index (κ2) is 9.63. The number of rotatable bonds is 6. The number of carbonyl (C=O) groups excluding carboxylic acids is 2. The lowest BCUT2D eigenvalue weighted by molar-refractivity contribution is -0.134. The third kappa shape index (κ3) is 4.97. The molecule has 0 spiro atoms. The molecule has 2 amide bonds. The van der Waals surface area contributed by atoms with Crippen LogP contribution in [0.3, 0.4) is 0 Å². The fourth-order valence-corrected chi connectivity index (χ4v) is 4.37. The molecular weight excluding hydrogens is 400 g/mol. The van der Waals surface area contributed by atoms with Crippen molar-refractivity contribution in [2.45, 2.75) is 43.8 Å². The molecule has 2 saturated heterocycles. The Hall–Kier alpha value is -2.69. The van der Waals surface area contributed by atoms with Gasteiger partial charge in [-0.05, 0) is 37.8 Å². The molecule has 0 unspecified atom stereocenters. The predicted molar refractivity (Wildman–Crippen MR) is 113 cm³/mol. The molecule has 168 valence electrons. The van der Waals surface area contributed by atoms with Gasteiger partial charge >= 0.3 is 0 Å². The van der Waals surface area contributed by atoms with E-state index >= 15 is 0 Å². The zero-order valence-corrected chi connectivity index (χ0v) is 17.5. The molecule has 2 aliphatic heterocycles. The molecule has 2 aromatic rings. The number of hydrogen-bond donors (Lipinski definition) is 3. The number of furan rings is 1. The van der Waals surface area contributed by atoms with Crippen LogP contribution in [0.25, 0.3) is 11.5 Å². The third-order valence-electron chi connectivity index (χ3n) is 6.24. The van der Waals surface area contributed by atoms with Gasteiger partial charge in [0.05, 0.1) is 12.3 Å². The SMILES string of the molecule is NC[C@H](N)C(=O)N1CCC(N2CCC(NC(=O)c3cc(-c4ccco4)no3)CC2)CC1. The van der Waals surface area contributed by atoms with Gasteiger partial charge in [0.1, 0.15) is 5.69 Å². The van der Waals surface area contributed by atoms with Crippen molar-refractivity contribution < 1.29 is 18.5 Å². The second-order valence-electron chi connectivity index (χ2n) is 8.24. The number of hydrogen-bond acceptors (Lipinski definition) is 8. The number of nitrogens with one attached hydrogen (secondary N) is 1. The number of carbonyl (C=O) groups is 2. The minimum absolute atomic E-state index is 0.0509. The van der Waals surface area contributed by atoms with Gasteiger partial charge in [0.2, 0.25) is 11.7 Å². The van der Waals surface area contributed by atoms with Gasteiger partial charge < -0.3 is 35.5 Å². The highest BCUT2D eigenvalue weighted by Crippen LogP contribution is 2.23. The van der Waals surface area contributed by atoms with Crippen LogP contribution in [0.5, 0.6) is 0 Å². The largest absolute Gasteiger partial charge is 0.463 e. The van der Waals surface area contributed by atoms with Crippen LogP contribution < -0.4 is 16.8 Å². The van der Waals surface area contributed by atoms with Crippen LogP contribution in [0, 0.1) is 0 Å². The Morgan fingerprint density at radius 3 is 2.58 bits per heavy atom. The van der Waals surface area contributed by atoms with Crippen molar-refractivity contribution >= 4 is 11.8 Å². The van der Waals surface area contributed by atoms with Gasteiger partial charge in [0.15, 0.2) is 5.76 Å². The molecule has 0 aliphatic carbocycles. The molecule has 10 nitrogen and oxygen atoms in total. The minimum atomic E-state index is -0.601. The number of aromatic nitrogens is 1. The molecule has 0 aromatic carbocycles. The third-order valence-corrected chi connectivity index (χ3v) is 6.24. The molecule has 4 rings (SSSR count). The summed E-state index contributed by atoms with van der Waals surface area (Å²) in [6, 6.07) is 5.08. The Labute approximate surface area is 180 Å². The quantitative estimate of drug-likeness (QED) is 0.598. The maximum Gasteiger partial charge on any atom is 0.290 e. The summed E-state index contributed by atoms with van der Waals surface area (Å²) in [5, 5.41) is 6.95. The minimum Gasteiger partial charge on any atom is -0.463 e. The molecule has 0 radical (unpaired) electrons. The Bertz CT molecular complexity index is 866. The fraction of sp³-hybridized carbons (Fsp3) is 0.571. The van der Waals surface area contributed by atoms with E-state index in [-0.39, 0.29) is 30.2 Å². The lowest BCUT2D eigenvalue weighted by Gasteiger charge is -2.42. The van der Waals surface area contributed by atoms with Crippen LogP contribution >= 0.6 is 0 Å². The molecule has 31 heavy (non-hydrogen) atoms. The van der Waals surface area contributed by atoms with E-state index in [1.807, 2.05) is 4.90 Å². The number of nitrogens with zero attached hydrogens (tertiary/aromatic N) is 3. The molecule has 2 aromatic heterocycles. The van der Waals surface area contributed by atoms with Gasteiger partial charge in [0.25, 0.3) is 5.91 Å². The average molecular weight is 431 g/mol. The van der Waals surface area contributed by atoms with E-state index in [0.29, 0.717) is 17.5 Å². The normalized spacial score (nSPS) is 20.0. The van der Waals surface area contributed by atoms with Crippen molar-refractivity contribution in [2.75, 3.05) is 32.7 Å². The molecule has 2 fully saturated rings. The van der Waals surface area contributed by atoms with Gasteiger partial charge in [-0.1, -0.05) is 5.16 Å². The van der Waals surface area contributed by atoms with Gasteiger partial charge in [-0.2, -0.15) is 0 Å². The highest BCUT2D eigenvalue weighted by molar-refractivity contribution is 5.92. The summed E-state index contributed by atoms with van der Waals surface area (Å²) in [5.74, 6) is 0.437. The summed E-state index contributed by atoms with van der Waals surface area (Å²) in [6.07, 6.45) is 5.18. The van der Waals surface area contributed by atoms with E-state index in [4.69, 9.17) is 20.4 Å². The van der Waals surface area contributed by atoms with Crippen LogP contribution in [0.2, 0.25) is 0 Å². The molecule has 2 aliphatic rings. The molecule has 0 saturated carbocycles. The van der Waals surface area contributed by atoms with E-state index in [1.54, 1.807) is 24.5 Å². The van der Waals surface area contributed by atoms with Crippen molar-refractivity contribution in [3.05, 3.63) is 30.2 Å². The Kier molecular flexibility index (Phi) is 6.69. The monoisotopic (exact) mass is 430 g/mol. The zero-order valence-electron chi connectivity index (χ0n) is 17.5. The smallest absolute Gasteiger partial charge is 0.290 e. The average Bonchev–Trinajstić information content (AvgIpc) is 3.51.